The van der Waals surface area contributed by atoms with Gasteiger partial charge >= 0.3 is 0 Å². The number of hydrogen-bond donors (Lipinski definition) is 2. The molecule has 0 amide bonds. The Morgan fingerprint density at radius 1 is 0.909 bits per heavy atom. The second-order valence-electron chi connectivity index (χ2n) is 6.19. The first kappa shape index (κ1) is 19.6. The maximum Gasteiger partial charge on any atom is 0.162 e. The molecule has 1 aromatic rings. The van der Waals surface area contributed by atoms with Gasteiger partial charge in [0.15, 0.2) is 5.79 Å². The third-order valence-electron chi connectivity index (χ3n) is 4.17. The van der Waals surface area contributed by atoms with Crippen LogP contribution in [-0.4, -0.2) is 16.0 Å². The monoisotopic (exact) mass is 446 g/mol. The van der Waals surface area contributed by atoms with Crippen LogP contribution in [0.3, 0.4) is 0 Å². The predicted molar refractivity (Wildman–Crippen MR) is 99.6 cm³/mol. The quantitative estimate of drug-likeness (QED) is 0.485. The highest BCUT2D eigenvalue weighted by Gasteiger charge is 2.54. The highest BCUT2D eigenvalue weighted by Crippen LogP contribution is 3.12. The van der Waals surface area contributed by atoms with Crippen LogP contribution in [0.4, 0.5) is 0 Å². The molecule has 0 aromatic heterocycles. The Balaban J connectivity index is 2.49. The summed E-state index contributed by atoms with van der Waals surface area (Å²) in [5.41, 5.74) is 0.467. The fourth-order valence-electron chi connectivity index (χ4n) is 2.62. The molecular formula is C13H16Cl6O2S. The van der Waals surface area contributed by atoms with E-state index in [0.29, 0.717) is 17.9 Å². The van der Waals surface area contributed by atoms with Gasteiger partial charge in [-0.15, -0.1) is 0 Å². The maximum atomic E-state index is 9.70. The zero-order valence-corrected chi connectivity index (χ0v) is 17.0. The molecule has 1 aliphatic rings. The molecule has 0 aliphatic heterocycles. The number of halogens is 6. The minimum atomic E-state index is -4.96. The Kier molecular flexibility index (Phi) is 4.55. The van der Waals surface area contributed by atoms with Gasteiger partial charge in [-0.25, -0.2) is 0 Å². The van der Waals surface area contributed by atoms with E-state index >= 15 is 0 Å². The Labute approximate surface area is 156 Å². The van der Waals surface area contributed by atoms with Crippen LogP contribution in [-0.2, 0) is 5.41 Å². The van der Waals surface area contributed by atoms with Crippen molar-refractivity contribution in [3.63, 3.8) is 0 Å². The SMILES string of the molecule is CC1(c2cc(Cl)cc(S(Cl)(Cl)(Cl)(Cl)Cl)c2)CCC(O)(O)CC1. The minimum Gasteiger partial charge on any atom is -0.366 e. The summed E-state index contributed by atoms with van der Waals surface area (Å²) in [5, 5.41) is 19.8. The molecule has 0 unspecified atom stereocenters. The fraction of sp³-hybridized carbons (Fsp3) is 0.538. The van der Waals surface area contributed by atoms with Crippen LogP contribution >= 0.6 is 69.4 Å². The van der Waals surface area contributed by atoms with E-state index in [-0.39, 0.29) is 23.2 Å². The summed E-state index contributed by atoms with van der Waals surface area (Å²) in [6, 6.07) is 4.84. The molecule has 0 atom stereocenters. The summed E-state index contributed by atoms with van der Waals surface area (Å²) in [5.74, 6) is -1.63. The Bertz CT molecular complexity index is 601. The zero-order chi connectivity index (χ0) is 17.1. The smallest absolute Gasteiger partial charge is 0.162 e. The summed E-state index contributed by atoms with van der Waals surface area (Å²) in [6.07, 6.45) is 1.60. The van der Waals surface area contributed by atoms with Crippen LogP contribution in [0, 0.1) is 0 Å². The van der Waals surface area contributed by atoms with Crippen molar-refractivity contribution in [2.75, 3.05) is 0 Å². The van der Waals surface area contributed by atoms with Crippen molar-refractivity contribution in [1.29, 1.82) is 0 Å². The summed E-state index contributed by atoms with van der Waals surface area (Å²) in [4.78, 5) is 0.141. The van der Waals surface area contributed by atoms with Crippen LogP contribution in [0.1, 0.15) is 38.2 Å². The van der Waals surface area contributed by atoms with Gasteiger partial charge in [0.1, 0.15) is 0 Å². The normalized spacial score (nSPS) is 24.4. The highest BCUT2D eigenvalue weighted by molar-refractivity contribution is 9.23. The second-order valence-corrected chi connectivity index (χ2v) is 25.3. The molecular weight excluding hydrogens is 433 g/mol. The van der Waals surface area contributed by atoms with Gasteiger partial charge in [-0.2, -0.15) is 0 Å². The van der Waals surface area contributed by atoms with Crippen molar-refractivity contribution >= 4 is 69.4 Å². The van der Waals surface area contributed by atoms with Gasteiger partial charge in [0, 0.05) is 27.1 Å². The molecule has 1 saturated carbocycles. The Morgan fingerprint density at radius 2 is 1.41 bits per heavy atom. The number of hydrogen-bond acceptors (Lipinski definition) is 2. The third kappa shape index (κ3) is 4.65. The summed E-state index contributed by atoms with van der Waals surface area (Å²) >= 11 is 6.14. The van der Waals surface area contributed by atoms with Gasteiger partial charge in [-0.05, 0) is 95.4 Å². The molecule has 0 bridgehead atoms. The average Bonchev–Trinajstić information content (AvgIpc) is 2.30. The first-order valence-electron chi connectivity index (χ1n) is 6.51. The lowest BCUT2D eigenvalue weighted by Gasteiger charge is -2.51. The topological polar surface area (TPSA) is 40.5 Å². The van der Waals surface area contributed by atoms with E-state index in [1.165, 1.54) is 6.07 Å². The molecule has 0 saturated heterocycles. The minimum absolute atomic E-state index is 0.141. The van der Waals surface area contributed by atoms with Crippen LogP contribution in [0.2, 0.25) is 5.02 Å². The lowest BCUT2D eigenvalue weighted by atomic mass is 9.69. The molecule has 2 N–H and O–H groups in total. The lowest BCUT2D eigenvalue weighted by molar-refractivity contribution is -0.188. The predicted octanol–water partition coefficient (Wildman–Crippen LogP) is 6.86. The van der Waals surface area contributed by atoms with E-state index in [0.717, 1.165) is 5.56 Å². The van der Waals surface area contributed by atoms with Crippen molar-refractivity contribution in [1.82, 2.24) is 0 Å². The van der Waals surface area contributed by atoms with Crippen LogP contribution < -0.4 is 0 Å². The van der Waals surface area contributed by atoms with E-state index in [1.54, 1.807) is 12.1 Å². The molecule has 1 fully saturated rings. The average molecular weight is 449 g/mol. The zero-order valence-electron chi connectivity index (χ0n) is 11.6. The second kappa shape index (κ2) is 5.12. The van der Waals surface area contributed by atoms with E-state index in [4.69, 9.17) is 65.0 Å². The third-order valence-corrected chi connectivity index (χ3v) is 8.19. The molecule has 2 nitrogen and oxygen atoms in total. The first-order chi connectivity index (χ1) is 9.51. The molecule has 22 heavy (non-hydrogen) atoms. The van der Waals surface area contributed by atoms with Crippen molar-refractivity contribution in [3.8, 4) is 0 Å². The summed E-state index contributed by atoms with van der Waals surface area (Å²) in [7, 11) is 30.4. The molecule has 2 rings (SSSR count). The van der Waals surface area contributed by atoms with E-state index in [9.17, 15) is 10.2 Å². The number of aliphatic hydroxyl groups is 2. The van der Waals surface area contributed by atoms with Crippen LogP contribution in [0.15, 0.2) is 23.1 Å². The van der Waals surface area contributed by atoms with Gasteiger partial charge in [0.05, 0.1) is 0 Å². The number of benzene rings is 1. The Hall–Kier alpha value is 1.23. The van der Waals surface area contributed by atoms with E-state index < -0.39 is 10.1 Å². The maximum absolute atomic E-state index is 9.70. The Morgan fingerprint density at radius 3 is 1.86 bits per heavy atom. The summed E-state index contributed by atoms with van der Waals surface area (Å²) in [6.45, 7) is 2.00. The first-order valence-corrected chi connectivity index (χ1v) is 13.5. The van der Waals surface area contributed by atoms with E-state index in [1.807, 2.05) is 6.92 Å². The van der Waals surface area contributed by atoms with Crippen molar-refractivity contribution in [2.24, 2.45) is 0 Å². The standard InChI is InChI=1S/C13H16Cl6O2S/c1-12(2-4-13(20,21)5-3-12)9-6-10(14)8-11(7-9)22(15,16,17,18)19/h6-8,20-21H,2-5H2,1H3. The van der Waals surface area contributed by atoms with Crippen LogP contribution in [0.25, 0.3) is 0 Å². The summed E-state index contributed by atoms with van der Waals surface area (Å²) < 4.78 is -4.96. The molecule has 1 aliphatic carbocycles. The van der Waals surface area contributed by atoms with Crippen LogP contribution in [0.5, 0.6) is 0 Å². The fourth-order valence-corrected chi connectivity index (χ4v) is 4.96. The van der Waals surface area contributed by atoms with Crippen molar-refractivity contribution < 1.29 is 10.2 Å². The van der Waals surface area contributed by atoms with Gasteiger partial charge < -0.3 is 10.2 Å². The largest absolute Gasteiger partial charge is 0.366 e. The number of rotatable bonds is 2. The van der Waals surface area contributed by atoms with Crippen molar-refractivity contribution in [2.45, 2.75) is 48.7 Å². The molecule has 1 aromatic carbocycles. The van der Waals surface area contributed by atoms with Gasteiger partial charge in [-0.1, -0.05) is 18.5 Å². The lowest BCUT2D eigenvalue weighted by Crippen LogP contribution is -2.39. The molecule has 9 heteroatoms. The van der Waals surface area contributed by atoms with Gasteiger partial charge in [0.25, 0.3) is 0 Å². The molecule has 0 radical (unpaired) electrons. The highest BCUT2D eigenvalue weighted by atomic mass is 36.6. The van der Waals surface area contributed by atoms with E-state index in [2.05, 4.69) is 0 Å². The molecule has 128 valence electrons. The van der Waals surface area contributed by atoms with Gasteiger partial charge in [-0.3, -0.25) is 0 Å². The van der Waals surface area contributed by atoms with Crippen molar-refractivity contribution in [3.05, 3.63) is 28.8 Å². The van der Waals surface area contributed by atoms with Gasteiger partial charge in [0.2, 0.25) is 0 Å². The molecule has 0 spiro atoms. The molecule has 0 heterocycles.